The van der Waals surface area contributed by atoms with Gasteiger partial charge in [-0.25, -0.2) is 9.13 Å². The number of ether oxygens (including phenoxy) is 1. The van der Waals surface area contributed by atoms with Crippen LogP contribution in [0.2, 0.25) is 0 Å². The predicted molar refractivity (Wildman–Crippen MR) is 51.5 cm³/mol. The van der Waals surface area contributed by atoms with Gasteiger partial charge in [0.15, 0.2) is 0 Å². The van der Waals surface area contributed by atoms with Crippen molar-refractivity contribution < 1.29 is 14.1 Å². The van der Waals surface area contributed by atoms with Gasteiger partial charge in [-0.2, -0.15) is 0 Å². The minimum absolute atomic E-state index is 0.107. The van der Waals surface area contributed by atoms with Crippen molar-refractivity contribution >= 4 is 5.97 Å². The molecule has 0 unspecified atom stereocenters. The fourth-order valence-electron chi connectivity index (χ4n) is 1.27. The molecular weight excluding hydrogens is 180 g/mol. The number of aryl methyl sites for hydroxylation is 2. The van der Waals surface area contributed by atoms with Gasteiger partial charge < -0.3 is 4.74 Å². The van der Waals surface area contributed by atoms with Gasteiger partial charge in [0.2, 0.25) is 6.33 Å². The number of aromatic nitrogens is 2. The summed E-state index contributed by atoms with van der Waals surface area (Å²) in [6, 6.07) is 0. The van der Waals surface area contributed by atoms with Crippen molar-refractivity contribution in [2.45, 2.75) is 26.3 Å². The summed E-state index contributed by atoms with van der Waals surface area (Å²) in [5, 5.41) is 0. The first kappa shape index (κ1) is 10.8. The number of hydrogen-bond acceptors (Lipinski definition) is 2. The van der Waals surface area contributed by atoms with E-state index in [1.54, 1.807) is 0 Å². The molecule has 78 valence electrons. The Bertz CT molecular complexity index is 294. The van der Waals surface area contributed by atoms with Crippen LogP contribution in [0.3, 0.4) is 0 Å². The smallest absolute Gasteiger partial charge is 0.305 e. The third-order valence-electron chi connectivity index (χ3n) is 1.93. The zero-order valence-corrected chi connectivity index (χ0v) is 8.77. The molecule has 0 aliphatic heterocycles. The Morgan fingerprint density at radius 1 is 1.57 bits per heavy atom. The lowest BCUT2D eigenvalue weighted by Crippen LogP contribution is -2.23. The van der Waals surface area contributed by atoms with E-state index in [4.69, 9.17) is 4.74 Å². The van der Waals surface area contributed by atoms with Crippen LogP contribution in [0.5, 0.6) is 0 Å². The van der Waals surface area contributed by atoms with Gasteiger partial charge >= 0.3 is 5.97 Å². The number of carbonyl (C=O) groups is 1. The fourth-order valence-corrected chi connectivity index (χ4v) is 1.27. The highest BCUT2D eigenvalue weighted by molar-refractivity contribution is 5.69. The zero-order chi connectivity index (χ0) is 10.4. The zero-order valence-electron chi connectivity index (χ0n) is 8.77. The molecule has 0 N–H and O–H groups in total. The standard InChI is InChI=1S/C10H17N2O2/c1-3-14-10(13)5-4-6-12-8-7-11(2)9-12/h7-9H,3-6H2,1-2H3/q+1. The van der Waals surface area contributed by atoms with Gasteiger partial charge in [-0.3, -0.25) is 4.79 Å². The number of imidazole rings is 1. The quantitative estimate of drug-likeness (QED) is 0.513. The van der Waals surface area contributed by atoms with Crippen LogP contribution in [0, 0.1) is 0 Å². The minimum atomic E-state index is -0.107. The molecule has 1 heterocycles. The summed E-state index contributed by atoms with van der Waals surface area (Å²) in [5.41, 5.74) is 0. The second-order valence-electron chi connectivity index (χ2n) is 3.23. The van der Waals surface area contributed by atoms with Crippen LogP contribution in [0.15, 0.2) is 18.7 Å². The molecule has 14 heavy (non-hydrogen) atoms. The molecule has 1 rings (SSSR count). The highest BCUT2D eigenvalue weighted by atomic mass is 16.5. The van der Waals surface area contributed by atoms with Gasteiger partial charge in [0.05, 0.1) is 20.2 Å². The van der Waals surface area contributed by atoms with Crippen molar-refractivity contribution in [1.29, 1.82) is 0 Å². The summed E-state index contributed by atoms with van der Waals surface area (Å²) in [5.74, 6) is -0.107. The number of hydrogen-bond donors (Lipinski definition) is 0. The van der Waals surface area contributed by atoms with Gasteiger partial charge in [0, 0.05) is 6.42 Å². The van der Waals surface area contributed by atoms with Crippen molar-refractivity contribution in [3.8, 4) is 0 Å². The molecule has 0 atom stereocenters. The summed E-state index contributed by atoms with van der Waals surface area (Å²) in [4.78, 5) is 11.0. The van der Waals surface area contributed by atoms with Crippen molar-refractivity contribution in [2.75, 3.05) is 6.61 Å². The second-order valence-corrected chi connectivity index (χ2v) is 3.23. The molecule has 1 aromatic rings. The van der Waals surface area contributed by atoms with Gasteiger partial charge in [-0.05, 0) is 13.3 Å². The number of nitrogens with zero attached hydrogens (tertiary/aromatic N) is 2. The molecule has 0 amide bonds. The highest BCUT2D eigenvalue weighted by Gasteiger charge is 2.04. The van der Waals surface area contributed by atoms with Crippen molar-refractivity contribution in [1.82, 2.24) is 4.57 Å². The fraction of sp³-hybridized carbons (Fsp3) is 0.600. The van der Waals surface area contributed by atoms with E-state index in [1.165, 1.54) is 0 Å². The van der Waals surface area contributed by atoms with E-state index < -0.39 is 0 Å². The number of esters is 1. The van der Waals surface area contributed by atoms with Crippen LogP contribution < -0.4 is 4.57 Å². The molecule has 1 aromatic heterocycles. The Balaban J connectivity index is 2.18. The third kappa shape index (κ3) is 3.60. The second kappa shape index (κ2) is 5.42. The Hall–Kier alpha value is -1.32. The molecule has 4 heteroatoms. The van der Waals surface area contributed by atoms with E-state index in [-0.39, 0.29) is 5.97 Å². The van der Waals surface area contributed by atoms with Crippen molar-refractivity contribution in [3.63, 3.8) is 0 Å². The van der Waals surface area contributed by atoms with Crippen LogP contribution in [-0.4, -0.2) is 17.1 Å². The first-order valence-electron chi connectivity index (χ1n) is 4.89. The Morgan fingerprint density at radius 3 is 2.93 bits per heavy atom. The van der Waals surface area contributed by atoms with Gasteiger partial charge in [0.1, 0.15) is 12.4 Å². The highest BCUT2D eigenvalue weighted by Crippen LogP contribution is 1.96. The molecule has 0 saturated heterocycles. The first-order valence-corrected chi connectivity index (χ1v) is 4.89. The Kier molecular flexibility index (Phi) is 4.16. The lowest BCUT2D eigenvalue weighted by Gasteiger charge is -1.99. The molecule has 4 nitrogen and oxygen atoms in total. The van der Waals surface area contributed by atoms with E-state index in [9.17, 15) is 4.79 Å². The summed E-state index contributed by atoms with van der Waals surface area (Å²) in [7, 11) is 1.97. The molecule has 0 aromatic carbocycles. The molecule has 0 bridgehead atoms. The molecule has 0 aliphatic rings. The van der Waals surface area contributed by atoms with E-state index in [0.717, 1.165) is 13.0 Å². The van der Waals surface area contributed by atoms with Gasteiger partial charge in [-0.15, -0.1) is 0 Å². The van der Waals surface area contributed by atoms with Crippen molar-refractivity contribution in [3.05, 3.63) is 18.7 Å². The van der Waals surface area contributed by atoms with E-state index in [0.29, 0.717) is 13.0 Å². The average Bonchev–Trinajstić information content (AvgIpc) is 2.52. The maximum Gasteiger partial charge on any atom is 0.305 e. The lowest BCUT2D eigenvalue weighted by molar-refractivity contribution is -0.671. The summed E-state index contributed by atoms with van der Waals surface area (Å²) in [6.45, 7) is 3.15. The van der Waals surface area contributed by atoms with Crippen LogP contribution in [-0.2, 0) is 23.1 Å². The molecule has 0 aliphatic carbocycles. The van der Waals surface area contributed by atoms with Gasteiger partial charge in [-0.1, -0.05) is 0 Å². The Morgan fingerprint density at radius 2 is 2.36 bits per heavy atom. The normalized spacial score (nSPS) is 10.1. The Labute approximate surface area is 84.1 Å². The lowest BCUT2D eigenvalue weighted by atomic mass is 10.3. The maximum atomic E-state index is 11.0. The molecule has 0 fully saturated rings. The van der Waals surface area contributed by atoms with Crippen LogP contribution in [0.4, 0.5) is 0 Å². The number of rotatable bonds is 5. The first-order chi connectivity index (χ1) is 6.72. The average molecular weight is 197 g/mol. The molecule has 0 spiro atoms. The van der Waals surface area contributed by atoms with E-state index in [2.05, 4.69) is 4.57 Å². The van der Waals surface area contributed by atoms with Crippen molar-refractivity contribution in [2.24, 2.45) is 7.05 Å². The van der Waals surface area contributed by atoms with E-state index >= 15 is 0 Å². The SMILES string of the molecule is CCOC(=O)CCCn1cc[n+](C)c1. The third-order valence-corrected chi connectivity index (χ3v) is 1.93. The largest absolute Gasteiger partial charge is 0.466 e. The van der Waals surface area contributed by atoms with Gasteiger partial charge in [0.25, 0.3) is 0 Å². The topological polar surface area (TPSA) is 35.1 Å². The molecule has 0 radical (unpaired) electrons. The molecule has 0 saturated carbocycles. The number of carbonyl (C=O) groups excluding carboxylic acids is 1. The summed E-state index contributed by atoms with van der Waals surface area (Å²) in [6.07, 6.45) is 7.28. The van der Waals surface area contributed by atoms with Crippen LogP contribution in [0.25, 0.3) is 0 Å². The summed E-state index contributed by atoms with van der Waals surface area (Å²) >= 11 is 0. The van der Waals surface area contributed by atoms with Crippen LogP contribution >= 0.6 is 0 Å². The van der Waals surface area contributed by atoms with E-state index in [1.807, 2.05) is 37.3 Å². The predicted octanol–water partition coefficient (Wildman–Crippen LogP) is 0.656. The monoisotopic (exact) mass is 197 g/mol. The van der Waals surface area contributed by atoms with Crippen LogP contribution in [0.1, 0.15) is 19.8 Å². The maximum absolute atomic E-state index is 11.0. The molecular formula is C10H17N2O2+. The summed E-state index contributed by atoms with van der Waals surface area (Å²) < 4.78 is 8.86. The minimum Gasteiger partial charge on any atom is -0.466 e.